The third kappa shape index (κ3) is 6.58. The SMILES string of the molecule is CCNC(=NCC1(N(C)C)CCOCC1)NC(C)C(C)C.I. The Kier molecular flexibility index (Phi) is 10.6. The standard InChI is InChI=1S/C16H34N4O.HI/c1-7-17-15(19-14(4)13(2)3)18-12-16(20(5)6)8-10-21-11-9-16;/h13-14H,7-12H2,1-6H3,(H2,17,18,19);1H. The number of nitrogens with one attached hydrogen (secondary N) is 2. The van der Waals surface area contributed by atoms with Crippen molar-refractivity contribution in [2.45, 2.75) is 52.1 Å². The van der Waals surface area contributed by atoms with Crippen LogP contribution in [0.3, 0.4) is 0 Å². The number of hydrogen-bond acceptors (Lipinski definition) is 3. The van der Waals surface area contributed by atoms with Gasteiger partial charge in [-0.2, -0.15) is 0 Å². The van der Waals surface area contributed by atoms with E-state index in [0.717, 1.165) is 45.1 Å². The fraction of sp³-hybridized carbons (Fsp3) is 0.938. The average Bonchev–Trinajstić information content (AvgIpc) is 2.45. The van der Waals surface area contributed by atoms with E-state index >= 15 is 0 Å². The Bertz CT molecular complexity index is 328. The van der Waals surface area contributed by atoms with Gasteiger partial charge in [-0.15, -0.1) is 24.0 Å². The summed E-state index contributed by atoms with van der Waals surface area (Å²) < 4.78 is 5.52. The lowest BCUT2D eigenvalue weighted by atomic mass is 9.89. The quantitative estimate of drug-likeness (QED) is 0.389. The van der Waals surface area contributed by atoms with Gasteiger partial charge in [0.1, 0.15) is 0 Å². The van der Waals surface area contributed by atoms with Gasteiger partial charge in [0.25, 0.3) is 0 Å². The van der Waals surface area contributed by atoms with Gasteiger partial charge in [0.2, 0.25) is 0 Å². The van der Waals surface area contributed by atoms with Crippen molar-refractivity contribution in [2.24, 2.45) is 10.9 Å². The summed E-state index contributed by atoms with van der Waals surface area (Å²) in [6, 6.07) is 0.410. The number of ether oxygens (including phenoxy) is 1. The molecule has 1 atom stereocenters. The van der Waals surface area contributed by atoms with Crippen molar-refractivity contribution in [1.82, 2.24) is 15.5 Å². The van der Waals surface area contributed by atoms with Crippen LogP contribution in [-0.2, 0) is 4.74 Å². The molecule has 1 aliphatic heterocycles. The van der Waals surface area contributed by atoms with E-state index in [2.05, 4.69) is 57.3 Å². The summed E-state index contributed by atoms with van der Waals surface area (Å²) in [6.07, 6.45) is 2.09. The summed E-state index contributed by atoms with van der Waals surface area (Å²) in [5.74, 6) is 1.51. The molecule has 22 heavy (non-hydrogen) atoms. The van der Waals surface area contributed by atoms with Crippen LogP contribution in [-0.4, -0.2) is 62.8 Å². The molecule has 0 radical (unpaired) electrons. The van der Waals surface area contributed by atoms with Crippen LogP contribution in [0.25, 0.3) is 0 Å². The first-order valence-electron chi connectivity index (χ1n) is 8.21. The number of guanidine groups is 1. The maximum atomic E-state index is 5.52. The lowest BCUT2D eigenvalue weighted by Gasteiger charge is -2.41. The normalized spacial score (nSPS) is 19.7. The summed E-state index contributed by atoms with van der Waals surface area (Å²) in [7, 11) is 4.30. The van der Waals surface area contributed by atoms with Gasteiger partial charge >= 0.3 is 0 Å². The molecule has 2 N–H and O–H groups in total. The molecule has 0 aromatic carbocycles. The Morgan fingerprint density at radius 1 is 1.23 bits per heavy atom. The number of likely N-dealkylation sites (N-methyl/N-ethyl adjacent to an activating group) is 1. The fourth-order valence-corrected chi connectivity index (χ4v) is 2.43. The molecule has 0 bridgehead atoms. The molecular weight excluding hydrogens is 391 g/mol. The van der Waals surface area contributed by atoms with Gasteiger partial charge < -0.3 is 20.3 Å². The lowest BCUT2D eigenvalue weighted by molar-refractivity contribution is -0.00255. The molecule has 0 aromatic rings. The molecule has 0 aromatic heterocycles. The van der Waals surface area contributed by atoms with Crippen LogP contribution in [0.2, 0.25) is 0 Å². The Labute approximate surface area is 153 Å². The summed E-state index contributed by atoms with van der Waals surface area (Å²) >= 11 is 0. The molecule has 0 saturated carbocycles. The molecule has 1 heterocycles. The van der Waals surface area contributed by atoms with Gasteiger partial charge in [-0.05, 0) is 46.7 Å². The van der Waals surface area contributed by atoms with Crippen molar-refractivity contribution in [3.8, 4) is 0 Å². The molecule has 5 nitrogen and oxygen atoms in total. The number of halogens is 1. The van der Waals surface area contributed by atoms with E-state index in [1.165, 1.54) is 0 Å². The minimum atomic E-state index is 0. The Balaban J connectivity index is 0.00000441. The molecule has 0 amide bonds. The van der Waals surface area contributed by atoms with E-state index in [1.54, 1.807) is 0 Å². The fourth-order valence-electron chi connectivity index (χ4n) is 2.43. The van der Waals surface area contributed by atoms with Crippen molar-refractivity contribution < 1.29 is 4.74 Å². The third-order valence-electron chi connectivity index (χ3n) is 4.61. The molecule has 1 unspecified atom stereocenters. The lowest BCUT2D eigenvalue weighted by Crippen LogP contribution is -2.52. The van der Waals surface area contributed by atoms with Crippen LogP contribution in [0, 0.1) is 5.92 Å². The topological polar surface area (TPSA) is 48.9 Å². The van der Waals surface area contributed by atoms with Crippen molar-refractivity contribution >= 4 is 29.9 Å². The summed E-state index contributed by atoms with van der Waals surface area (Å²) in [4.78, 5) is 7.16. The van der Waals surface area contributed by atoms with Crippen molar-refractivity contribution in [3.63, 3.8) is 0 Å². The van der Waals surface area contributed by atoms with Crippen LogP contribution in [0.15, 0.2) is 4.99 Å². The molecular formula is C16H35IN4O. The molecule has 0 spiro atoms. The second-order valence-corrected chi connectivity index (χ2v) is 6.60. The summed E-state index contributed by atoms with van der Waals surface area (Å²) in [5.41, 5.74) is 0.127. The second-order valence-electron chi connectivity index (χ2n) is 6.60. The monoisotopic (exact) mass is 426 g/mol. The minimum absolute atomic E-state index is 0. The van der Waals surface area contributed by atoms with Crippen LogP contribution >= 0.6 is 24.0 Å². The van der Waals surface area contributed by atoms with E-state index < -0.39 is 0 Å². The van der Waals surface area contributed by atoms with Crippen LogP contribution in [0.4, 0.5) is 0 Å². The zero-order valence-electron chi connectivity index (χ0n) is 15.1. The first-order valence-corrected chi connectivity index (χ1v) is 8.21. The molecule has 1 rings (SSSR count). The van der Waals surface area contributed by atoms with E-state index in [-0.39, 0.29) is 29.5 Å². The Morgan fingerprint density at radius 2 is 1.82 bits per heavy atom. The third-order valence-corrected chi connectivity index (χ3v) is 4.61. The zero-order valence-corrected chi connectivity index (χ0v) is 17.4. The predicted octanol–water partition coefficient (Wildman–Crippen LogP) is 2.31. The number of rotatable bonds is 6. The van der Waals surface area contributed by atoms with Crippen molar-refractivity contribution in [1.29, 1.82) is 0 Å². The van der Waals surface area contributed by atoms with Crippen LogP contribution in [0.1, 0.15) is 40.5 Å². The largest absolute Gasteiger partial charge is 0.381 e. The first kappa shape index (κ1) is 21.9. The molecule has 1 fully saturated rings. The van der Waals surface area contributed by atoms with Crippen molar-refractivity contribution in [3.05, 3.63) is 0 Å². The molecule has 1 saturated heterocycles. The highest BCUT2D eigenvalue weighted by molar-refractivity contribution is 14.0. The van der Waals surface area contributed by atoms with Crippen LogP contribution in [0.5, 0.6) is 0 Å². The van der Waals surface area contributed by atoms with E-state index in [4.69, 9.17) is 9.73 Å². The first-order chi connectivity index (χ1) is 9.91. The molecule has 1 aliphatic rings. The minimum Gasteiger partial charge on any atom is -0.381 e. The molecule has 0 aliphatic carbocycles. The van der Waals surface area contributed by atoms with E-state index in [0.29, 0.717) is 12.0 Å². The van der Waals surface area contributed by atoms with Gasteiger partial charge in [-0.1, -0.05) is 13.8 Å². The number of hydrogen-bond donors (Lipinski definition) is 2. The second kappa shape index (κ2) is 10.6. The average molecular weight is 426 g/mol. The summed E-state index contributed by atoms with van der Waals surface area (Å²) in [5, 5.41) is 6.86. The summed E-state index contributed by atoms with van der Waals surface area (Å²) in [6.45, 7) is 12.1. The Hall–Kier alpha value is -0.0800. The van der Waals surface area contributed by atoms with Gasteiger partial charge in [-0.25, -0.2) is 0 Å². The van der Waals surface area contributed by atoms with E-state index in [1.807, 2.05) is 0 Å². The van der Waals surface area contributed by atoms with Crippen molar-refractivity contribution in [2.75, 3.05) is 40.4 Å². The van der Waals surface area contributed by atoms with Gasteiger partial charge in [-0.3, -0.25) is 4.99 Å². The predicted molar refractivity (Wildman–Crippen MR) is 105 cm³/mol. The smallest absolute Gasteiger partial charge is 0.191 e. The van der Waals surface area contributed by atoms with E-state index in [9.17, 15) is 0 Å². The molecule has 132 valence electrons. The van der Waals surface area contributed by atoms with Crippen LogP contribution < -0.4 is 10.6 Å². The van der Waals surface area contributed by atoms with Gasteiger partial charge in [0.05, 0.1) is 6.54 Å². The highest BCUT2D eigenvalue weighted by Gasteiger charge is 2.34. The van der Waals surface area contributed by atoms with Gasteiger partial charge in [0.15, 0.2) is 5.96 Å². The molecule has 6 heteroatoms. The zero-order chi connectivity index (χ0) is 15.9. The highest BCUT2D eigenvalue weighted by atomic mass is 127. The highest BCUT2D eigenvalue weighted by Crippen LogP contribution is 2.26. The number of aliphatic imine (C=N–C) groups is 1. The maximum Gasteiger partial charge on any atom is 0.191 e. The Morgan fingerprint density at radius 3 is 2.27 bits per heavy atom. The number of nitrogens with zero attached hydrogens (tertiary/aromatic N) is 2. The van der Waals surface area contributed by atoms with Gasteiger partial charge in [0, 0.05) is 31.3 Å². The maximum absolute atomic E-state index is 5.52.